The van der Waals surface area contributed by atoms with Gasteiger partial charge in [0.05, 0.1) is 12.0 Å². The maximum absolute atomic E-state index is 13.3. The molecule has 3 rings (SSSR count). The van der Waals surface area contributed by atoms with Crippen LogP contribution >= 0.6 is 11.6 Å². The van der Waals surface area contributed by atoms with E-state index in [0.717, 1.165) is 17.5 Å². The van der Waals surface area contributed by atoms with Crippen molar-refractivity contribution in [1.82, 2.24) is 4.90 Å². The Morgan fingerprint density at radius 2 is 1.74 bits per heavy atom. The number of carbonyl (C=O) groups is 3. The Bertz CT molecular complexity index is 1040. The van der Waals surface area contributed by atoms with Gasteiger partial charge in [-0.25, -0.2) is 4.79 Å². The van der Waals surface area contributed by atoms with Crippen LogP contribution in [0.1, 0.15) is 30.9 Å². The van der Waals surface area contributed by atoms with Gasteiger partial charge in [0.25, 0.3) is 0 Å². The van der Waals surface area contributed by atoms with Crippen molar-refractivity contribution in [1.29, 1.82) is 0 Å². The van der Waals surface area contributed by atoms with E-state index in [1.165, 1.54) is 12.0 Å². The number of aryl methyl sites for hydroxylation is 1. The molecule has 3 amide bonds. The Morgan fingerprint density at radius 1 is 1.09 bits per heavy atom. The summed E-state index contributed by atoms with van der Waals surface area (Å²) in [5.74, 6) is -0.696. The van der Waals surface area contributed by atoms with Crippen LogP contribution in [0, 0.1) is 5.41 Å². The fourth-order valence-corrected chi connectivity index (χ4v) is 4.30. The zero-order valence-corrected chi connectivity index (χ0v) is 20.9. The van der Waals surface area contributed by atoms with Crippen molar-refractivity contribution in [2.75, 3.05) is 38.3 Å². The molecular weight excluding hydrogens is 470 g/mol. The predicted octanol–water partition coefficient (Wildman–Crippen LogP) is 3.79. The molecule has 2 aromatic carbocycles. The summed E-state index contributed by atoms with van der Waals surface area (Å²) in [6.07, 6.45) is 0.884. The third-order valence-corrected chi connectivity index (χ3v) is 6.87. The Labute approximate surface area is 210 Å². The maximum atomic E-state index is 13.3. The number of likely N-dealkylation sites (tertiary alicyclic amines) is 1. The number of primary amides is 1. The Kier molecular flexibility index (Phi) is 9.12. The molecule has 1 aliphatic heterocycles. The molecule has 0 aromatic heterocycles. The van der Waals surface area contributed by atoms with Crippen LogP contribution in [0.25, 0.3) is 0 Å². The SMILES string of the molecule is CCc1ccc(N(Cc2ccccc2Cl)C(=O)OCC2(C(N)=O)CCN(C(=O)COC)CC2)cc1. The standard InChI is InChI=1S/C26H32ClN3O5/c1-3-19-8-10-21(11-9-19)30(16-20-6-4-5-7-22(20)27)25(33)35-18-26(24(28)32)12-14-29(15-13-26)23(31)17-34-2/h4-11H,3,12-18H2,1-2H3,(H2,28,32). The molecule has 2 aromatic rings. The van der Waals surface area contributed by atoms with Crippen LogP contribution in [0.15, 0.2) is 48.5 Å². The molecule has 0 saturated carbocycles. The monoisotopic (exact) mass is 501 g/mol. The number of benzene rings is 2. The van der Waals surface area contributed by atoms with Crippen LogP contribution < -0.4 is 10.6 Å². The second-order valence-corrected chi connectivity index (χ2v) is 9.12. The number of anilines is 1. The van der Waals surface area contributed by atoms with Crippen LogP contribution in [0.5, 0.6) is 0 Å². The smallest absolute Gasteiger partial charge is 0.414 e. The molecule has 35 heavy (non-hydrogen) atoms. The van der Waals surface area contributed by atoms with Crippen molar-refractivity contribution < 1.29 is 23.9 Å². The van der Waals surface area contributed by atoms with Crippen LogP contribution in [0.2, 0.25) is 5.02 Å². The molecule has 0 aliphatic carbocycles. The van der Waals surface area contributed by atoms with E-state index >= 15 is 0 Å². The Hall–Kier alpha value is -3.10. The van der Waals surface area contributed by atoms with Gasteiger partial charge in [-0.3, -0.25) is 14.5 Å². The van der Waals surface area contributed by atoms with Crippen molar-refractivity contribution in [2.24, 2.45) is 11.1 Å². The van der Waals surface area contributed by atoms with Gasteiger partial charge in [-0.1, -0.05) is 48.9 Å². The van der Waals surface area contributed by atoms with E-state index in [9.17, 15) is 14.4 Å². The summed E-state index contributed by atoms with van der Waals surface area (Å²) >= 11 is 6.35. The van der Waals surface area contributed by atoms with Crippen molar-refractivity contribution >= 4 is 35.2 Å². The first-order chi connectivity index (χ1) is 16.8. The topological polar surface area (TPSA) is 102 Å². The van der Waals surface area contributed by atoms with Gasteiger partial charge in [0, 0.05) is 30.9 Å². The summed E-state index contributed by atoms with van der Waals surface area (Å²) in [5, 5.41) is 0.539. The molecule has 1 aliphatic rings. The molecule has 1 saturated heterocycles. The molecular formula is C26H32ClN3O5. The van der Waals surface area contributed by atoms with E-state index in [0.29, 0.717) is 36.6 Å². The number of rotatable bonds is 9. The number of piperidine rings is 1. The molecule has 9 heteroatoms. The first-order valence-corrected chi connectivity index (χ1v) is 12.0. The lowest BCUT2D eigenvalue weighted by Gasteiger charge is -2.39. The first-order valence-electron chi connectivity index (χ1n) is 11.6. The van der Waals surface area contributed by atoms with Crippen molar-refractivity contribution in [3.63, 3.8) is 0 Å². The molecule has 0 radical (unpaired) electrons. The minimum Gasteiger partial charge on any atom is -0.448 e. The lowest BCUT2D eigenvalue weighted by atomic mass is 9.78. The Balaban J connectivity index is 1.76. The number of methoxy groups -OCH3 is 1. The summed E-state index contributed by atoms with van der Waals surface area (Å²) in [5.41, 5.74) is 7.26. The highest BCUT2D eigenvalue weighted by molar-refractivity contribution is 6.31. The molecule has 188 valence electrons. The van der Waals surface area contributed by atoms with E-state index in [1.54, 1.807) is 11.0 Å². The van der Waals surface area contributed by atoms with Crippen LogP contribution in [-0.2, 0) is 32.0 Å². The van der Waals surface area contributed by atoms with Crippen molar-refractivity contribution in [2.45, 2.75) is 32.7 Å². The van der Waals surface area contributed by atoms with Gasteiger partial charge < -0.3 is 20.1 Å². The predicted molar refractivity (Wildman–Crippen MR) is 134 cm³/mol. The number of hydrogen-bond acceptors (Lipinski definition) is 5. The second kappa shape index (κ2) is 12.0. The number of carbonyl (C=O) groups excluding carboxylic acids is 3. The minimum absolute atomic E-state index is 0.0214. The fourth-order valence-electron chi connectivity index (χ4n) is 4.11. The van der Waals surface area contributed by atoms with E-state index < -0.39 is 17.4 Å². The molecule has 0 unspecified atom stereocenters. The molecule has 0 bridgehead atoms. The fraction of sp³-hybridized carbons (Fsp3) is 0.423. The zero-order valence-electron chi connectivity index (χ0n) is 20.2. The summed E-state index contributed by atoms with van der Waals surface area (Å²) in [7, 11) is 1.46. The van der Waals surface area contributed by atoms with E-state index in [4.69, 9.17) is 26.8 Å². The number of halogens is 1. The summed E-state index contributed by atoms with van der Waals surface area (Å²) in [6, 6.07) is 14.9. The van der Waals surface area contributed by atoms with Gasteiger partial charge >= 0.3 is 6.09 Å². The van der Waals surface area contributed by atoms with Crippen molar-refractivity contribution in [3.8, 4) is 0 Å². The Morgan fingerprint density at radius 3 is 2.31 bits per heavy atom. The van der Waals surface area contributed by atoms with Gasteiger partial charge in [-0.2, -0.15) is 0 Å². The van der Waals surface area contributed by atoms with E-state index in [2.05, 4.69) is 6.92 Å². The van der Waals surface area contributed by atoms with E-state index in [1.807, 2.05) is 42.5 Å². The van der Waals surface area contributed by atoms with Gasteiger partial charge in [0.15, 0.2) is 0 Å². The average Bonchev–Trinajstić information content (AvgIpc) is 2.87. The normalized spacial score (nSPS) is 14.9. The quantitative estimate of drug-likeness (QED) is 0.563. The van der Waals surface area contributed by atoms with Gasteiger partial charge in [-0.15, -0.1) is 0 Å². The highest BCUT2D eigenvalue weighted by Crippen LogP contribution is 2.32. The third kappa shape index (κ3) is 6.52. The van der Waals surface area contributed by atoms with Crippen molar-refractivity contribution in [3.05, 3.63) is 64.7 Å². The van der Waals surface area contributed by atoms with Gasteiger partial charge in [-0.05, 0) is 48.6 Å². The number of nitrogens with zero attached hydrogens (tertiary/aromatic N) is 2. The molecule has 0 spiro atoms. The average molecular weight is 502 g/mol. The van der Waals surface area contributed by atoms with Gasteiger partial charge in [0.1, 0.15) is 13.2 Å². The highest BCUT2D eigenvalue weighted by Gasteiger charge is 2.42. The third-order valence-electron chi connectivity index (χ3n) is 6.50. The molecule has 2 N–H and O–H groups in total. The van der Waals surface area contributed by atoms with Crippen LogP contribution in [0.3, 0.4) is 0 Å². The maximum Gasteiger partial charge on any atom is 0.414 e. The summed E-state index contributed by atoms with van der Waals surface area (Å²) in [4.78, 5) is 41.0. The molecule has 1 fully saturated rings. The molecule has 0 atom stereocenters. The lowest BCUT2D eigenvalue weighted by Crippen LogP contribution is -2.52. The number of nitrogens with two attached hydrogens (primary N) is 1. The van der Waals surface area contributed by atoms with E-state index in [-0.39, 0.29) is 25.7 Å². The largest absolute Gasteiger partial charge is 0.448 e. The van der Waals surface area contributed by atoms with Crippen LogP contribution in [-0.4, -0.2) is 56.2 Å². The zero-order chi connectivity index (χ0) is 25.4. The summed E-state index contributed by atoms with van der Waals surface area (Å²) < 4.78 is 10.6. The number of ether oxygens (including phenoxy) is 2. The molecule has 8 nitrogen and oxygen atoms in total. The molecule has 1 heterocycles. The number of hydrogen-bond donors (Lipinski definition) is 1. The minimum atomic E-state index is -1.04. The number of amides is 3. The second-order valence-electron chi connectivity index (χ2n) is 8.71. The lowest BCUT2D eigenvalue weighted by molar-refractivity contribution is -0.143. The van der Waals surface area contributed by atoms with Gasteiger partial charge in [0.2, 0.25) is 11.8 Å². The highest BCUT2D eigenvalue weighted by atomic mass is 35.5. The first kappa shape index (κ1) is 26.5. The van der Waals surface area contributed by atoms with Crippen LogP contribution in [0.4, 0.5) is 10.5 Å². The summed E-state index contributed by atoms with van der Waals surface area (Å²) in [6.45, 7) is 2.75.